The van der Waals surface area contributed by atoms with Gasteiger partial charge in [0.05, 0.1) is 6.10 Å². The minimum absolute atomic E-state index is 0.173. The molecular formula is C9H20N2O2S. The molecule has 0 bridgehead atoms. The van der Waals surface area contributed by atoms with E-state index in [4.69, 9.17) is 10.9 Å². The molecule has 0 aromatic carbocycles. The number of aliphatic hydroxyl groups excluding tert-OH is 1. The van der Waals surface area contributed by atoms with Crippen LogP contribution in [0.3, 0.4) is 0 Å². The molecule has 0 aromatic rings. The van der Waals surface area contributed by atoms with Gasteiger partial charge in [-0.3, -0.25) is 0 Å². The lowest BCUT2D eigenvalue weighted by Crippen LogP contribution is -2.23. The number of nitrogens with zero attached hydrogens (tertiary/aromatic N) is 1. The first-order valence-corrected chi connectivity index (χ1v) is 5.75. The molecule has 0 saturated carbocycles. The quantitative estimate of drug-likeness (QED) is 0.274. The lowest BCUT2D eigenvalue weighted by Gasteiger charge is -2.20. The van der Waals surface area contributed by atoms with E-state index in [9.17, 15) is 5.11 Å². The fraction of sp³-hybridized carbons (Fsp3) is 0.889. The first-order chi connectivity index (χ1) is 6.51. The standard InChI is InChI=1S/C9H20N2O2S/c1-4-8(5-9(10)11-13)14-7(3)6(2)12/h6-8,12-13H,4-5H2,1-3H3,(H2,10,11). The molecule has 0 saturated heterocycles. The molecule has 0 spiro atoms. The molecule has 3 atom stereocenters. The lowest BCUT2D eigenvalue weighted by atomic mass is 10.2. The molecule has 0 radical (unpaired) electrons. The normalized spacial score (nSPS) is 19.0. The Balaban J connectivity index is 4.03. The van der Waals surface area contributed by atoms with E-state index in [1.54, 1.807) is 18.7 Å². The van der Waals surface area contributed by atoms with E-state index in [1.807, 2.05) is 6.92 Å². The summed E-state index contributed by atoms with van der Waals surface area (Å²) in [6.07, 6.45) is 1.17. The molecule has 5 heteroatoms. The van der Waals surface area contributed by atoms with Crippen molar-refractivity contribution in [3.63, 3.8) is 0 Å². The van der Waals surface area contributed by atoms with Crippen LogP contribution < -0.4 is 5.73 Å². The van der Waals surface area contributed by atoms with E-state index >= 15 is 0 Å². The van der Waals surface area contributed by atoms with Gasteiger partial charge in [0.25, 0.3) is 0 Å². The van der Waals surface area contributed by atoms with Gasteiger partial charge < -0.3 is 16.0 Å². The summed E-state index contributed by atoms with van der Waals surface area (Å²) in [5.41, 5.74) is 5.43. The maximum absolute atomic E-state index is 9.32. The molecule has 0 fully saturated rings. The second-order valence-corrected chi connectivity index (χ2v) is 5.09. The highest BCUT2D eigenvalue weighted by Gasteiger charge is 2.16. The Hall–Kier alpha value is -0.420. The van der Waals surface area contributed by atoms with Gasteiger partial charge in [0.1, 0.15) is 5.84 Å². The Morgan fingerprint density at radius 2 is 2.07 bits per heavy atom. The van der Waals surface area contributed by atoms with Crippen LogP contribution in [0, 0.1) is 0 Å². The molecule has 0 aliphatic carbocycles. The van der Waals surface area contributed by atoms with Crippen molar-refractivity contribution in [2.75, 3.05) is 0 Å². The van der Waals surface area contributed by atoms with Crippen molar-refractivity contribution in [1.29, 1.82) is 0 Å². The lowest BCUT2D eigenvalue weighted by molar-refractivity contribution is 0.196. The molecule has 0 aliphatic rings. The van der Waals surface area contributed by atoms with Gasteiger partial charge in [0.2, 0.25) is 0 Å². The average Bonchev–Trinajstić information content (AvgIpc) is 2.16. The summed E-state index contributed by atoms with van der Waals surface area (Å²) < 4.78 is 0. The van der Waals surface area contributed by atoms with Crippen molar-refractivity contribution in [3.8, 4) is 0 Å². The summed E-state index contributed by atoms with van der Waals surface area (Å²) in [6, 6.07) is 0. The Morgan fingerprint density at radius 1 is 1.50 bits per heavy atom. The van der Waals surface area contributed by atoms with Crippen LogP contribution in [0.4, 0.5) is 0 Å². The van der Waals surface area contributed by atoms with Gasteiger partial charge in [-0.15, -0.1) is 0 Å². The van der Waals surface area contributed by atoms with E-state index in [-0.39, 0.29) is 17.2 Å². The van der Waals surface area contributed by atoms with Crippen molar-refractivity contribution in [1.82, 2.24) is 0 Å². The molecule has 0 rings (SSSR count). The number of amidine groups is 1. The number of thioether (sulfide) groups is 1. The Labute approximate surface area is 89.6 Å². The SMILES string of the molecule is CCC(CC(N)=NO)SC(C)C(C)O. The Kier molecular flexibility index (Phi) is 6.74. The number of hydrogen-bond acceptors (Lipinski definition) is 4. The molecule has 0 aliphatic heterocycles. The molecule has 0 heterocycles. The summed E-state index contributed by atoms with van der Waals surface area (Å²) in [4.78, 5) is 0. The fourth-order valence-corrected chi connectivity index (χ4v) is 2.27. The predicted octanol–water partition coefficient (Wildman–Crippen LogP) is 1.40. The van der Waals surface area contributed by atoms with Crippen LogP contribution in [-0.2, 0) is 0 Å². The first kappa shape index (κ1) is 13.6. The van der Waals surface area contributed by atoms with Crippen molar-refractivity contribution in [3.05, 3.63) is 0 Å². The largest absolute Gasteiger partial charge is 0.409 e. The molecular weight excluding hydrogens is 200 g/mol. The van der Waals surface area contributed by atoms with Gasteiger partial charge in [0.15, 0.2) is 0 Å². The second-order valence-electron chi connectivity index (χ2n) is 3.41. The smallest absolute Gasteiger partial charge is 0.140 e. The molecule has 4 N–H and O–H groups in total. The second kappa shape index (κ2) is 6.95. The monoisotopic (exact) mass is 220 g/mol. The van der Waals surface area contributed by atoms with Crippen LogP contribution in [0.15, 0.2) is 5.16 Å². The Bertz CT molecular complexity index is 186. The van der Waals surface area contributed by atoms with Crippen molar-refractivity contribution >= 4 is 17.6 Å². The molecule has 0 amide bonds. The van der Waals surface area contributed by atoms with Gasteiger partial charge in [-0.2, -0.15) is 11.8 Å². The third-order valence-electron chi connectivity index (χ3n) is 2.11. The van der Waals surface area contributed by atoms with Crippen LogP contribution >= 0.6 is 11.8 Å². The van der Waals surface area contributed by atoms with Crippen molar-refractivity contribution in [2.24, 2.45) is 10.9 Å². The third-order valence-corrected chi connectivity index (χ3v) is 3.82. The number of aliphatic hydroxyl groups is 1. The maximum atomic E-state index is 9.32. The first-order valence-electron chi connectivity index (χ1n) is 4.81. The zero-order valence-corrected chi connectivity index (χ0v) is 9.79. The van der Waals surface area contributed by atoms with E-state index in [0.717, 1.165) is 6.42 Å². The minimum Gasteiger partial charge on any atom is -0.409 e. The highest BCUT2D eigenvalue weighted by molar-refractivity contribution is 8.00. The van der Waals surface area contributed by atoms with Crippen LogP contribution in [0.25, 0.3) is 0 Å². The van der Waals surface area contributed by atoms with Crippen LogP contribution in [-0.4, -0.2) is 32.8 Å². The van der Waals surface area contributed by atoms with Crippen LogP contribution in [0.5, 0.6) is 0 Å². The van der Waals surface area contributed by atoms with Gasteiger partial charge >= 0.3 is 0 Å². The topological polar surface area (TPSA) is 78.8 Å². The summed E-state index contributed by atoms with van der Waals surface area (Å²) >= 11 is 1.67. The van der Waals surface area contributed by atoms with Crippen molar-refractivity contribution < 1.29 is 10.3 Å². The van der Waals surface area contributed by atoms with E-state index in [2.05, 4.69) is 12.1 Å². The molecule has 4 nitrogen and oxygen atoms in total. The predicted molar refractivity (Wildman–Crippen MR) is 60.8 cm³/mol. The zero-order valence-electron chi connectivity index (χ0n) is 8.97. The molecule has 84 valence electrons. The number of rotatable bonds is 6. The molecule has 0 aromatic heterocycles. The van der Waals surface area contributed by atoms with Gasteiger partial charge in [-0.1, -0.05) is 19.0 Å². The zero-order chi connectivity index (χ0) is 11.1. The summed E-state index contributed by atoms with van der Waals surface area (Å²) in [7, 11) is 0. The Morgan fingerprint density at radius 3 is 2.43 bits per heavy atom. The maximum Gasteiger partial charge on any atom is 0.140 e. The summed E-state index contributed by atoms with van der Waals surface area (Å²) in [5, 5.41) is 21.2. The van der Waals surface area contributed by atoms with E-state index in [1.165, 1.54) is 0 Å². The number of oxime groups is 1. The number of hydrogen-bond donors (Lipinski definition) is 3. The fourth-order valence-electron chi connectivity index (χ4n) is 0.980. The van der Waals surface area contributed by atoms with Gasteiger partial charge in [-0.05, 0) is 13.3 Å². The molecule has 14 heavy (non-hydrogen) atoms. The van der Waals surface area contributed by atoms with Gasteiger partial charge in [-0.25, -0.2) is 0 Å². The molecule has 3 unspecified atom stereocenters. The minimum atomic E-state index is -0.332. The highest BCUT2D eigenvalue weighted by Crippen LogP contribution is 2.25. The third kappa shape index (κ3) is 5.34. The van der Waals surface area contributed by atoms with Gasteiger partial charge in [0, 0.05) is 16.9 Å². The number of nitrogens with two attached hydrogens (primary N) is 1. The summed E-state index contributed by atoms with van der Waals surface area (Å²) in [5.74, 6) is 0.252. The summed E-state index contributed by atoms with van der Waals surface area (Å²) in [6.45, 7) is 5.80. The average molecular weight is 220 g/mol. The van der Waals surface area contributed by atoms with Crippen LogP contribution in [0.2, 0.25) is 0 Å². The van der Waals surface area contributed by atoms with Crippen molar-refractivity contribution in [2.45, 2.75) is 50.2 Å². The van der Waals surface area contributed by atoms with E-state index < -0.39 is 0 Å². The highest BCUT2D eigenvalue weighted by atomic mass is 32.2. The van der Waals surface area contributed by atoms with E-state index in [0.29, 0.717) is 11.7 Å². The van der Waals surface area contributed by atoms with Crippen LogP contribution in [0.1, 0.15) is 33.6 Å².